The highest BCUT2D eigenvalue weighted by Gasteiger charge is 2.54. The SMILES string of the molecule is C=C[N+](=C/C(NCCN)=C(/N)C(=C)C)C/C=C/C1=C(C(=O)O)N2C(=O)C(NC(=O)/C(=N\OC(C)(C)C(=O)O)C(=NSC(=C)N)C(=C)C)C2SC1. The van der Waals surface area contributed by atoms with Gasteiger partial charge in [0, 0.05) is 30.8 Å². The fourth-order valence-electron chi connectivity index (χ4n) is 4.11. The van der Waals surface area contributed by atoms with Crippen LogP contribution in [0.5, 0.6) is 0 Å². The van der Waals surface area contributed by atoms with Gasteiger partial charge in [-0.15, -0.1) is 11.8 Å². The fraction of sp³-hybridized carbons (Fsp3) is 0.344. The molecule has 0 aromatic carbocycles. The fourth-order valence-corrected chi connectivity index (χ4v) is 5.88. The molecule has 10 N–H and O–H groups in total. The average molecular weight is 731 g/mol. The first-order valence-electron chi connectivity index (χ1n) is 14.9. The molecule has 0 bridgehead atoms. The smallest absolute Gasteiger partial charge is 0.352 e. The van der Waals surface area contributed by atoms with E-state index in [1.54, 1.807) is 36.1 Å². The third-order valence-electron chi connectivity index (χ3n) is 6.84. The zero-order valence-corrected chi connectivity index (χ0v) is 30.0. The average Bonchev–Trinajstić information content (AvgIpc) is 3.04. The summed E-state index contributed by atoms with van der Waals surface area (Å²) in [6.45, 7) is 21.9. The Morgan fingerprint density at radius 1 is 1.18 bits per heavy atom. The molecule has 0 saturated carbocycles. The van der Waals surface area contributed by atoms with Crippen LogP contribution < -0.4 is 27.8 Å². The highest BCUT2D eigenvalue weighted by molar-refractivity contribution is 8.02. The first-order chi connectivity index (χ1) is 23.4. The van der Waals surface area contributed by atoms with Crippen LogP contribution in [0.25, 0.3) is 0 Å². The number of carboxylic acid groups (broad SMARTS) is 2. The first kappa shape index (κ1) is 41.1. The maximum absolute atomic E-state index is 13.6. The minimum atomic E-state index is -1.83. The molecule has 2 amide bonds. The number of hydrogen-bond acceptors (Lipinski definition) is 13. The number of nitrogens with zero attached hydrogens (tertiary/aromatic N) is 4. The number of allylic oxidation sites excluding steroid dienone is 4. The zero-order valence-electron chi connectivity index (χ0n) is 28.4. The molecule has 2 rings (SSSR count). The number of nitrogens with one attached hydrogen (secondary N) is 2. The van der Waals surface area contributed by atoms with E-state index in [1.807, 2.05) is 0 Å². The van der Waals surface area contributed by atoms with E-state index >= 15 is 0 Å². The maximum atomic E-state index is 13.6. The molecular formula is C32H44N9O7S2+. The molecule has 2 aliphatic heterocycles. The van der Waals surface area contributed by atoms with Crippen molar-refractivity contribution in [3.05, 3.63) is 83.5 Å². The zero-order chi connectivity index (χ0) is 37.9. The lowest BCUT2D eigenvalue weighted by molar-refractivity contribution is -0.439. The number of carboxylic acids is 2. The molecule has 2 heterocycles. The summed E-state index contributed by atoms with van der Waals surface area (Å²) in [6.07, 6.45) is 6.61. The van der Waals surface area contributed by atoms with Gasteiger partial charge in [-0.1, -0.05) is 31.0 Å². The molecule has 0 radical (unpaired) electrons. The summed E-state index contributed by atoms with van der Waals surface area (Å²) < 4.78 is 5.86. The number of rotatable bonds is 19. The number of aliphatic carboxylic acids is 2. The second-order valence-electron chi connectivity index (χ2n) is 11.4. The summed E-state index contributed by atoms with van der Waals surface area (Å²) >= 11 is 1.96. The van der Waals surface area contributed by atoms with Gasteiger partial charge in [0.25, 0.3) is 11.8 Å². The van der Waals surface area contributed by atoms with Crippen molar-refractivity contribution >= 4 is 65.1 Å². The third kappa shape index (κ3) is 10.5. The number of β-lactam (4-membered cyclic amide) rings is 1. The molecule has 1 fully saturated rings. The molecule has 2 atom stereocenters. The Hall–Kier alpha value is -5.07. The van der Waals surface area contributed by atoms with Crippen LogP contribution in [0.15, 0.2) is 93.1 Å². The van der Waals surface area contributed by atoms with Crippen LogP contribution in [0.3, 0.4) is 0 Å². The largest absolute Gasteiger partial charge is 0.478 e. The number of carbonyl (C=O) groups is 4. The van der Waals surface area contributed by atoms with E-state index in [-0.39, 0.29) is 34.3 Å². The summed E-state index contributed by atoms with van der Waals surface area (Å²) in [6, 6.07) is -1.15. The predicted molar refractivity (Wildman–Crippen MR) is 197 cm³/mol. The molecule has 270 valence electrons. The standard InChI is InChI=1S/C32H43N9O7S2/c1-9-40(15-21(36-13-12-33)22(35)17(2)3)14-10-11-20-16-49-29-25(28(43)41(29)26(20)30(44)45)37-27(42)24(38-48-32(7,8)31(46)47)23(18(4)5)39-50-19(6)34/h9-11,15,25,29,35-36H,1-2,4,6,12-14,16,33-34H2,3,5,7-8H3,(H3,37,42,44,45,46,47)/p+1/b11-10+,38-24-,39-23?. The molecule has 18 heteroatoms. The molecule has 50 heavy (non-hydrogen) atoms. The molecule has 16 nitrogen and oxygen atoms in total. The van der Waals surface area contributed by atoms with E-state index in [1.165, 1.54) is 32.5 Å². The van der Waals surface area contributed by atoms with Crippen LogP contribution in [0.4, 0.5) is 0 Å². The second kappa shape index (κ2) is 18.1. The molecule has 1 saturated heterocycles. The van der Waals surface area contributed by atoms with Crippen LogP contribution in [0.2, 0.25) is 0 Å². The monoisotopic (exact) mass is 730 g/mol. The van der Waals surface area contributed by atoms with E-state index in [0.29, 0.717) is 35.6 Å². The Kier molecular flexibility index (Phi) is 14.9. The van der Waals surface area contributed by atoms with Gasteiger partial charge in [-0.3, -0.25) is 14.5 Å². The maximum Gasteiger partial charge on any atom is 0.352 e. The summed E-state index contributed by atoms with van der Waals surface area (Å²) in [5.74, 6) is -4.10. The Morgan fingerprint density at radius 2 is 1.84 bits per heavy atom. The Balaban J connectivity index is 2.38. The van der Waals surface area contributed by atoms with Gasteiger partial charge >= 0.3 is 11.9 Å². The lowest BCUT2D eigenvalue weighted by atomic mass is 10.0. The Labute approximate surface area is 299 Å². The van der Waals surface area contributed by atoms with Crippen LogP contribution in [-0.2, 0) is 24.0 Å². The molecule has 0 aliphatic carbocycles. The van der Waals surface area contributed by atoms with Gasteiger partial charge in [-0.05, 0) is 57.1 Å². The van der Waals surface area contributed by atoms with Gasteiger partial charge in [0.1, 0.15) is 28.5 Å². The lowest BCUT2D eigenvalue weighted by Gasteiger charge is -2.49. The van der Waals surface area contributed by atoms with Crippen molar-refractivity contribution in [3.63, 3.8) is 0 Å². The quantitative estimate of drug-likeness (QED) is 0.0246. The van der Waals surface area contributed by atoms with Crippen molar-refractivity contribution in [1.82, 2.24) is 15.5 Å². The Morgan fingerprint density at radius 3 is 2.36 bits per heavy atom. The number of carbonyl (C=O) groups excluding carboxylic acids is 2. The minimum Gasteiger partial charge on any atom is -0.478 e. The van der Waals surface area contributed by atoms with Gasteiger partial charge in [0.05, 0.1) is 10.7 Å². The highest BCUT2D eigenvalue weighted by Crippen LogP contribution is 2.40. The van der Waals surface area contributed by atoms with E-state index in [9.17, 15) is 29.4 Å². The van der Waals surface area contributed by atoms with Crippen LogP contribution in [0.1, 0.15) is 27.7 Å². The van der Waals surface area contributed by atoms with Crippen molar-refractivity contribution in [2.24, 2.45) is 26.8 Å². The number of nitrogens with two attached hydrogens (primary N) is 3. The minimum absolute atomic E-state index is 0.0838. The van der Waals surface area contributed by atoms with Gasteiger partial charge in [0.15, 0.2) is 24.7 Å². The van der Waals surface area contributed by atoms with Gasteiger partial charge < -0.3 is 42.9 Å². The summed E-state index contributed by atoms with van der Waals surface area (Å²) in [5.41, 5.74) is 17.1. The van der Waals surface area contributed by atoms with Crippen molar-refractivity contribution in [3.8, 4) is 0 Å². The van der Waals surface area contributed by atoms with Crippen LogP contribution >= 0.6 is 23.7 Å². The van der Waals surface area contributed by atoms with E-state index in [2.05, 4.69) is 46.5 Å². The number of hydrogen-bond donors (Lipinski definition) is 7. The van der Waals surface area contributed by atoms with E-state index in [4.69, 9.17) is 22.0 Å². The van der Waals surface area contributed by atoms with Gasteiger partial charge in [-0.25, -0.2) is 14.0 Å². The normalized spacial score (nSPS) is 18.9. The highest BCUT2D eigenvalue weighted by atomic mass is 32.2. The molecule has 2 unspecified atom stereocenters. The van der Waals surface area contributed by atoms with Crippen molar-refractivity contribution in [2.75, 3.05) is 25.4 Å². The summed E-state index contributed by atoms with van der Waals surface area (Å²) in [4.78, 5) is 57.2. The van der Waals surface area contributed by atoms with Crippen LogP contribution in [0, 0.1) is 0 Å². The number of thioether (sulfide) groups is 1. The summed E-state index contributed by atoms with van der Waals surface area (Å²) in [5, 5.41) is 28.4. The summed E-state index contributed by atoms with van der Waals surface area (Å²) in [7, 11) is 0. The van der Waals surface area contributed by atoms with Crippen molar-refractivity contribution in [2.45, 2.75) is 44.7 Å². The third-order valence-corrected chi connectivity index (χ3v) is 8.65. The Bertz CT molecular complexity index is 1660. The lowest BCUT2D eigenvalue weighted by Crippen LogP contribution is -2.71. The number of amides is 2. The predicted octanol–water partition coefficient (Wildman–Crippen LogP) is 1.13. The van der Waals surface area contributed by atoms with Crippen LogP contribution in [-0.4, -0.2) is 103 Å². The number of fused-ring (bicyclic) bond motifs is 1. The van der Waals surface area contributed by atoms with E-state index in [0.717, 1.165) is 16.8 Å². The molecule has 0 aromatic rings. The van der Waals surface area contributed by atoms with Gasteiger partial charge in [-0.2, -0.15) is 4.58 Å². The van der Waals surface area contributed by atoms with Crippen molar-refractivity contribution < 1.29 is 38.8 Å². The van der Waals surface area contributed by atoms with Crippen molar-refractivity contribution in [1.29, 1.82) is 0 Å². The molecule has 0 aromatic heterocycles. The first-order valence-corrected chi connectivity index (χ1v) is 16.8. The molecule has 2 aliphatic rings. The molecular weight excluding hydrogens is 687 g/mol. The molecule has 0 spiro atoms. The van der Waals surface area contributed by atoms with Gasteiger partial charge in [0.2, 0.25) is 5.60 Å². The van der Waals surface area contributed by atoms with E-state index < -0.39 is 46.5 Å². The topological polar surface area (TPSA) is 251 Å². The second-order valence-corrected chi connectivity index (χ2v) is 13.4. The number of oxime groups is 1.